The van der Waals surface area contributed by atoms with Crippen LogP contribution in [0.15, 0.2) is 48.8 Å². The lowest BCUT2D eigenvalue weighted by atomic mass is 9.98. The number of carbonyl (C=O) groups excluding carboxylic acids is 1. The van der Waals surface area contributed by atoms with Crippen molar-refractivity contribution in [1.82, 2.24) is 29.0 Å². The van der Waals surface area contributed by atoms with Crippen molar-refractivity contribution < 1.29 is 9.53 Å². The van der Waals surface area contributed by atoms with Gasteiger partial charge >= 0.3 is 0 Å². The molecule has 2 unspecified atom stereocenters. The Hall–Kier alpha value is -4.66. The molecule has 9 rings (SSSR count). The lowest BCUT2D eigenvalue weighted by molar-refractivity contribution is 0.0700. The number of anilines is 1. The fourth-order valence-electron chi connectivity index (χ4n) is 8.24. The number of aromatic nitrogens is 5. The first-order chi connectivity index (χ1) is 23.4. The normalized spacial score (nSPS) is 22.1. The van der Waals surface area contributed by atoms with E-state index in [2.05, 4.69) is 37.2 Å². The van der Waals surface area contributed by atoms with Crippen LogP contribution in [0.1, 0.15) is 41.7 Å². The average Bonchev–Trinajstić information content (AvgIpc) is 3.44. The van der Waals surface area contributed by atoms with Crippen molar-refractivity contribution in [1.29, 1.82) is 5.26 Å². The monoisotopic (exact) mass is 661 g/mol. The molecule has 0 radical (unpaired) electrons. The molecule has 4 aliphatic rings. The van der Waals surface area contributed by atoms with Crippen LogP contribution in [0.25, 0.3) is 33.6 Å². The Morgan fingerprint density at radius 2 is 1.90 bits per heavy atom. The Labute approximate surface area is 282 Å². The second kappa shape index (κ2) is 11.2. The topological polar surface area (TPSA) is 131 Å². The van der Waals surface area contributed by atoms with Crippen molar-refractivity contribution in [3.05, 3.63) is 65.1 Å². The van der Waals surface area contributed by atoms with E-state index in [0.717, 1.165) is 71.7 Å². The molecule has 2 aliphatic heterocycles. The first kappa shape index (κ1) is 29.5. The molecule has 11 nitrogen and oxygen atoms in total. The summed E-state index contributed by atoms with van der Waals surface area (Å²) in [4.78, 5) is 32.4. The Kier molecular flexibility index (Phi) is 6.88. The molecule has 2 N–H and O–H groups in total. The molecule has 4 aromatic heterocycles. The number of nitrogens with zero attached hydrogens (tertiary/aromatic N) is 8. The van der Waals surface area contributed by atoms with Gasteiger partial charge in [-0.3, -0.25) is 4.79 Å². The molecule has 6 heterocycles. The fourth-order valence-corrected chi connectivity index (χ4v) is 8.39. The van der Waals surface area contributed by atoms with Crippen molar-refractivity contribution in [2.45, 2.75) is 50.9 Å². The Bertz CT molecular complexity index is 2140. The molecule has 244 valence electrons. The zero-order valence-corrected chi connectivity index (χ0v) is 27.5. The number of carbonyl (C=O) groups is 1. The van der Waals surface area contributed by atoms with Crippen LogP contribution in [-0.4, -0.2) is 73.7 Å². The largest absolute Gasteiger partial charge is 0.494 e. The molecule has 5 aromatic rings. The summed E-state index contributed by atoms with van der Waals surface area (Å²) in [6, 6.07) is 14.2. The number of fused-ring (bicyclic) bond motifs is 4. The first-order valence-electron chi connectivity index (χ1n) is 16.8. The molecular formula is C36H36ClN9O2. The summed E-state index contributed by atoms with van der Waals surface area (Å²) in [5, 5.41) is 11.2. The van der Waals surface area contributed by atoms with Crippen LogP contribution in [0.5, 0.6) is 5.75 Å². The van der Waals surface area contributed by atoms with Gasteiger partial charge < -0.3 is 29.4 Å². The average molecular weight is 662 g/mol. The Morgan fingerprint density at radius 3 is 2.62 bits per heavy atom. The number of imidazole rings is 1. The third-order valence-corrected chi connectivity index (χ3v) is 11.1. The van der Waals surface area contributed by atoms with E-state index in [-0.39, 0.29) is 23.9 Å². The van der Waals surface area contributed by atoms with E-state index in [1.807, 2.05) is 35.4 Å². The highest BCUT2D eigenvalue weighted by molar-refractivity contribution is 6.30. The minimum Gasteiger partial charge on any atom is -0.494 e. The van der Waals surface area contributed by atoms with Crippen LogP contribution in [0.3, 0.4) is 0 Å². The molecule has 4 fully saturated rings. The zero-order chi connectivity index (χ0) is 32.7. The number of piperidine rings is 1. The van der Waals surface area contributed by atoms with Crippen molar-refractivity contribution in [2.24, 2.45) is 23.5 Å². The summed E-state index contributed by atoms with van der Waals surface area (Å²) in [6.07, 6.45) is 7.82. The standard InChI is InChI=1S/C36H36ClN9O2/c1-48-31-11-24(36(47)45-19-23-6-7-28(45)32(23)39)9-26-33(31)46(18-21-15-43(16-21)29-12-25(37)14-41-27(29)13-38)35(42-26)30-10-22-3-2-8-40-34(22)44(30)17-20-4-5-20/h2-3,8-12,14,20-21,23,28,32H,4-7,15-19,39H2,1H3/t23?,28?,32-/m1/s1. The maximum absolute atomic E-state index is 14.0. The summed E-state index contributed by atoms with van der Waals surface area (Å²) >= 11 is 6.26. The van der Waals surface area contributed by atoms with E-state index in [0.29, 0.717) is 47.0 Å². The number of pyridine rings is 2. The van der Waals surface area contributed by atoms with Gasteiger partial charge in [0.25, 0.3) is 5.91 Å². The van der Waals surface area contributed by atoms with Crippen molar-refractivity contribution >= 4 is 45.3 Å². The van der Waals surface area contributed by atoms with Gasteiger partial charge in [0, 0.05) is 74.1 Å². The predicted molar refractivity (Wildman–Crippen MR) is 183 cm³/mol. The van der Waals surface area contributed by atoms with E-state index in [9.17, 15) is 10.1 Å². The van der Waals surface area contributed by atoms with Gasteiger partial charge in [-0.05, 0) is 73.9 Å². The van der Waals surface area contributed by atoms with Crippen molar-refractivity contribution in [2.75, 3.05) is 31.6 Å². The van der Waals surface area contributed by atoms with Gasteiger partial charge in [0.15, 0.2) is 11.5 Å². The van der Waals surface area contributed by atoms with E-state index in [1.54, 1.807) is 7.11 Å². The van der Waals surface area contributed by atoms with Gasteiger partial charge in [0.2, 0.25) is 0 Å². The number of nitriles is 1. The van der Waals surface area contributed by atoms with Crippen LogP contribution in [0.4, 0.5) is 5.69 Å². The second-order valence-electron chi connectivity index (χ2n) is 13.9. The minimum absolute atomic E-state index is 0.0148. The third kappa shape index (κ3) is 4.72. The van der Waals surface area contributed by atoms with Gasteiger partial charge in [-0.15, -0.1) is 0 Å². The smallest absolute Gasteiger partial charge is 0.254 e. The van der Waals surface area contributed by atoms with Crippen LogP contribution < -0.4 is 15.4 Å². The summed E-state index contributed by atoms with van der Waals surface area (Å²) in [6.45, 7) is 3.73. The van der Waals surface area contributed by atoms with Crippen molar-refractivity contribution in [3.8, 4) is 23.3 Å². The predicted octanol–water partition coefficient (Wildman–Crippen LogP) is 5.09. The fraction of sp³-hybridized carbons (Fsp3) is 0.417. The highest BCUT2D eigenvalue weighted by atomic mass is 35.5. The van der Waals surface area contributed by atoms with E-state index in [4.69, 9.17) is 32.0 Å². The SMILES string of the molecule is COc1cc(C(=O)N2CC3CCC2[C@@H]3N)cc2nc(-c3cc4cccnc4n3CC3CC3)n(CC3CN(c4cc(Cl)cnc4C#N)C3)c12. The highest BCUT2D eigenvalue weighted by Crippen LogP contribution is 2.41. The summed E-state index contributed by atoms with van der Waals surface area (Å²) in [7, 11) is 1.66. The molecule has 48 heavy (non-hydrogen) atoms. The number of hydrogen-bond donors (Lipinski definition) is 1. The van der Waals surface area contributed by atoms with E-state index < -0.39 is 0 Å². The van der Waals surface area contributed by atoms with Gasteiger partial charge in [-0.25, -0.2) is 15.0 Å². The quantitative estimate of drug-likeness (QED) is 0.243. The number of benzene rings is 1. The lowest BCUT2D eigenvalue weighted by Crippen LogP contribution is -2.49. The molecule has 1 amide bonds. The first-order valence-corrected chi connectivity index (χ1v) is 17.2. The molecule has 2 saturated carbocycles. The molecule has 1 aromatic carbocycles. The number of rotatable bonds is 8. The molecular weight excluding hydrogens is 626 g/mol. The second-order valence-corrected chi connectivity index (χ2v) is 14.4. The number of methoxy groups -OCH3 is 1. The van der Waals surface area contributed by atoms with E-state index in [1.165, 1.54) is 19.0 Å². The number of likely N-dealkylation sites (tertiary alicyclic amines) is 1. The Balaban J connectivity index is 1.14. The van der Waals surface area contributed by atoms with Gasteiger partial charge in [-0.2, -0.15) is 5.26 Å². The maximum Gasteiger partial charge on any atom is 0.254 e. The number of amides is 1. The minimum atomic E-state index is -0.0148. The zero-order valence-electron chi connectivity index (χ0n) is 26.7. The molecule has 0 spiro atoms. The lowest BCUT2D eigenvalue weighted by Gasteiger charge is -2.41. The number of halogens is 1. The molecule has 3 atom stereocenters. The summed E-state index contributed by atoms with van der Waals surface area (Å²) in [5.41, 5.74) is 11.7. The molecule has 2 aliphatic carbocycles. The van der Waals surface area contributed by atoms with Gasteiger partial charge in [-0.1, -0.05) is 11.6 Å². The highest BCUT2D eigenvalue weighted by Gasteiger charge is 2.47. The molecule has 2 saturated heterocycles. The summed E-state index contributed by atoms with van der Waals surface area (Å²) in [5.74, 6) is 2.69. The van der Waals surface area contributed by atoms with Crippen LogP contribution in [0, 0.1) is 29.1 Å². The number of nitrogens with two attached hydrogens (primary N) is 1. The number of hydrogen-bond acceptors (Lipinski definition) is 8. The molecule has 2 bridgehead atoms. The maximum atomic E-state index is 14.0. The van der Waals surface area contributed by atoms with Crippen LogP contribution >= 0.6 is 11.6 Å². The third-order valence-electron chi connectivity index (χ3n) is 10.9. The van der Waals surface area contributed by atoms with Crippen LogP contribution in [0.2, 0.25) is 5.02 Å². The number of ether oxygens (including phenoxy) is 1. The van der Waals surface area contributed by atoms with Crippen molar-refractivity contribution in [3.63, 3.8) is 0 Å². The van der Waals surface area contributed by atoms with Gasteiger partial charge in [0.1, 0.15) is 23.0 Å². The van der Waals surface area contributed by atoms with E-state index >= 15 is 0 Å². The molecule has 12 heteroatoms. The summed E-state index contributed by atoms with van der Waals surface area (Å²) < 4.78 is 10.6. The van der Waals surface area contributed by atoms with Gasteiger partial charge in [0.05, 0.1) is 29.0 Å². The van der Waals surface area contributed by atoms with Crippen LogP contribution in [-0.2, 0) is 13.1 Å². The Morgan fingerprint density at radius 1 is 1.06 bits per heavy atom.